The third-order valence-electron chi connectivity index (χ3n) is 1.34. The molecule has 0 aromatic rings. The van der Waals surface area contributed by atoms with Gasteiger partial charge in [-0.05, 0) is 33.0 Å². The second-order valence-corrected chi connectivity index (χ2v) is 4.14. The molecule has 0 aliphatic heterocycles. The van der Waals surface area contributed by atoms with E-state index in [1.807, 2.05) is 27.8 Å². The Hall–Kier alpha value is -0.350. The lowest BCUT2D eigenvalue weighted by Crippen LogP contribution is -2.35. The minimum absolute atomic E-state index is 0.0863. The first-order valence-corrected chi connectivity index (χ1v) is 4.38. The highest BCUT2D eigenvalue weighted by Gasteiger charge is 2.09. The molecular formula is C8H18N2OS. The number of hydrogen-bond acceptors (Lipinski definition) is 2. The van der Waals surface area contributed by atoms with Gasteiger partial charge < -0.3 is 15.4 Å². The molecule has 0 amide bonds. The van der Waals surface area contributed by atoms with E-state index in [1.54, 1.807) is 4.90 Å². The molecule has 0 bridgehead atoms. The summed E-state index contributed by atoms with van der Waals surface area (Å²) in [6.07, 6.45) is 0. The summed E-state index contributed by atoms with van der Waals surface area (Å²) in [4.78, 5) is 1.79. The van der Waals surface area contributed by atoms with Crippen LogP contribution in [-0.4, -0.2) is 35.8 Å². The molecule has 0 atom stereocenters. The van der Waals surface area contributed by atoms with Crippen LogP contribution in [0.3, 0.4) is 0 Å². The number of likely N-dealkylation sites (N-methyl/N-ethyl adjacent to an activating group) is 1. The first-order valence-electron chi connectivity index (χ1n) is 3.97. The molecule has 0 heterocycles. The normalized spacial score (nSPS) is 11.3. The maximum Gasteiger partial charge on any atom is 0.166 e. The van der Waals surface area contributed by atoms with Gasteiger partial charge in [0.05, 0.1) is 12.2 Å². The lowest BCUT2D eigenvalue weighted by atomic mass is 10.2. The van der Waals surface area contributed by atoms with E-state index in [1.165, 1.54) is 0 Å². The third kappa shape index (κ3) is 6.37. The topological polar surface area (TPSA) is 38.5 Å². The molecule has 4 heteroatoms. The van der Waals surface area contributed by atoms with E-state index >= 15 is 0 Å². The van der Waals surface area contributed by atoms with Gasteiger partial charge in [0.15, 0.2) is 5.11 Å². The van der Waals surface area contributed by atoms with E-state index in [0.29, 0.717) is 11.7 Å². The average Bonchev–Trinajstić information content (AvgIpc) is 1.84. The van der Waals surface area contributed by atoms with Gasteiger partial charge >= 0.3 is 0 Å². The Morgan fingerprint density at radius 1 is 1.50 bits per heavy atom. The lowest BCUT2D eigenvalue weighted by Gasteiger charge is -2.22. The fourth-order valence-corrected chi connectivity index (χ4v) is 0.690. The smallest absolute Gasteiger partial charge is 0.166 e. The van der Waals surface area contributed by atoms with Crippen LogP contribution < -0.4 is 5.73 Å². The summed E-state index contributed by atoms with van der Waals surface area (Å²) in [5.41, 5.74) is 5.30. The van der Waals surface area contributed by atoms with E-state index in [2.05, 4.69) is 0 Å². The number of ether oxygens (including phenoxy) is 1. The van der Waals surface area contributed by atoms with E-state index in [9.17, 15) is 0 Å². The van der Waals surface area contributed by atoms with Gasteiger partial charge in [-0.25, -0.2) is 0 Å². The van der Waals surface area contributed by atoms with Gasteiger partial charge in [-0.2, -0.15) is 0 Å². The second-order valence-electron chi connectivity index (χ2n) is 3.72. The quantitative estimate of drug-likeness (QED) is 0.673. The Morgan fingerprint density at radius 3 is 2.33 bits per heavy atom. The van der Waals surface area contributed by atoms with Crippen molar-refractivity contribution in [3.05, 3.63) is 0 Å². The Morgan fingerprint density at radius 2 is 2.00 bits per heavy atom. The number of thiocarbonyl (C=S) groups is 1. The van der Waals surface area contributed by atoms with Gasteiger partial charge in [-0.3, -0.25) is 0 Å². The van der Waals surface area contributed by atoms with Gasteiger partial charge in [0, 0.05) is 13.6 Å². The highest BCUT2D eigenvalue weighted by molar-refractivity contribution is 7.80. The van der Waals surface area contributed by atoms with Crippen molar-refractivity contribution >= 4 is 17.3 Å². The standard InChI is InChI=1S/C8H18N2OS/c1-8(2,3)11-6-5-10(4)7(9)12/h5-6H2,1-4H3,(H2,9,12). The molecule has 0 aliphatic carbocycles. The maximum absolute atomic E-state index is 5.49. The summed E-state index contributed by atoms with van der Waals surface area (Å²) in [5, 5.41) is 0.410. The minimum Gasteiger partial charge on any atom is -0.376 e. The zero-order valence-electron chi connectivity index (χ0n) is 8.26. The molecule has 0 radical (unpaired) electrons. The summed E-state index contributed by atoms with van der Waals surface area (Å²) in [7, 11) is 1.86. The van der Waals surface area contributed by atoms with Crippen LogP contribution in [0.2, 0.25) is 0 Å². The van der Waals surface area contributed by atoms with Crippen LogP contribution in [0, 0.1) is 0 Å². The molecule has 0 unspecified atom stereocenters. The van der Waals surface area contributed by atoms with Crippen LogP contribution in [0.25, 0.3) is 0 Å². The van der Waals surface area contributed by atoms with Crippen molar-refractivity contribution < 1.29 is 4.74 Å². The summed E-state index contributed by atoms with van der Waals surface area (Å²) < 4.78 is 5.49. The molecule has 0 rings (SSSR count). The molecule has 0 fully saturated rings. The molecule has 0 saturated heterocycles. The molecule has 0 aromatic carbocycles. The van der Waals surface area contributed by atoms with Crippen LogP contribution in [0.4, 0.5) is 0 Å². The fraction of sp³-hybridized carbons (Fsp3) is 0.875. The highest BCUT2D eigenvalue weighted by Crippen LogP contribution is 2.05. The zero-order valence-corrected chi connectivity index (χ0v) is 9.07. The van der Waals surface area contributed by atoms with Gasteiger partial charge in [0.1, 0.15) is 0 Å². The molecule has 12 heavy (non-hydrogen) atoms. The Labute approximate surface area is 79.9 Å². The average molecular weight is 190 g/mol. The first kappa shape index (κ1) is 11.6. The fourth-order valence-electron chi connectivity index (χ4n) is 0.599. The summed E-state index contributed by atoms with van der Waals surface area (Å²) in [6.45, 7) is 7.46. The van der Waals surface area contributed by atoms with Crippen molar-refractivity contribution in [2.75, 3.05) is 20.2 Å². The van der Waals surface area contributed by atoms with E-state index < -0.39 is 0 Å². The van der Waals surface area contributed by atoms with Crippen molar-refractivity contribution in [2.24, 2.45) is 5.73 Å². The second kappa shape index (κ2) is 4.62. The summed E-state index contributed by atoms with van der Waals surface area (Å²) in [6, 6.07) is 0. The van der Waals surface area contributed by atoms with Crippen LogP contribution in [0.1, 0.15) is 20.8 Å². The monoisotopic (exact) mass is 190 g/mol. The van der Waals surface area contributed by atoms with Crippen LogP contribution in [0.5, 0.6) is 0 Å². The molecule has 2 N–H and O–H groups in total. The van der Waals surface area contributed by atoms with E-state index in [-0.39, 0.29) is 5.60 Å². The van der Waals surface area contributed by atoms with Crippen molar-refractivity contribution in [1.82, 2.24) is 4.90 Å². The van der Waals surface area contributed by atoms with Gasteiger partial charge in [-0.15, -0.1) is 0 Å². The Balaban J connectivity index is 3.51. The maximum atomic E-state index is 5.49. The van der Waals surface area contributed by atoms with Crippen molar-refractivity contribution in [1.29, 1.82) is 0 Å². The van der Waals surface area contributed by atoms with Gasteiger partial charge in [0.25, 0.3) is 0 Å². The molecule has 0 aromatic heterocycles. The van der Waals surface area contributed by atoms with Crippen LogP contribution in [0.15, 0.2) is 0 Å². The highest BCUT2D eigenvalue weighted by atomic mass is 32.1. The number of rotatable bonds is 3. The molecule has 3 nitrogen and oxygen atoms in total. The number of hydrogen-bond donors (Lipinski definition) is 1. The van der Waals surface area contributed by atoms with Crippen LogP contribution >= 0.6 is 12.2 Å². The Bertz CT molecular complexity index is 154. The number of nitrogens with zero attached hydrogens (tertiary/aromatic N) is 1. The largest absolute Gasteiger partial charge is 0.376 e. The predicted octanol–water partition coefficient (Wildman–Crippen LogP) is 0.977. The SMILES string of the molecule is CN(CCOC(C)(C)C)C(N)=S. The van der Waals surface area contributed by atoms with Gasteiger partial charge in [-0.1, -0.05) is 0 Å². The molecular weight excluding hydrogens is 172 g/mol. The Kier molecular flexibility index (Phi) is 4.49. The molecule has 0 spiro atoms. The van der Waals surface area contributed by atoms with Crippen molar-refractivity contribution in [3.8, 4) is 0 Å². The first-order chi connectivity index (χ1) is 5.33. The lowest BCUT2D eigenvalue weighted by molar-refractivity contribution is -0.00596. The van der Waals surface area contributed by atoms with Crippen LogP contribution in [-0.2, 0) is 4.74 Å². The zero-order chi connectivity index (χ0) is 9.78. The summed E-state index contributed by atoms with van der Waals surface area (Å²) >= 11 is 4.77. The summed E-state index contributed by atoms with van der Waals surface area (Å²) in [5.74, 6) is 0. The predicted molar refractivity (Wildman–Crippen MR) is 55.1 cm³/mol. The molecule has 72 valence electrons. The van der Waals surface area contributed by atoms with E-state index in [4.69, 9.17) is 22.7 Å². The number of nitrogens with two attached hydrogens (primary N) is 1. The van der Waals surface area contributed by atoms with Crippen molar-refractivity contribution in [3.63, 3.8) is 0 Å². The molecule has 0 aliphatic rings. The molecule has 0 saturated carbocycles. The van der Waals surface area contributed by atoms with Crippen molar-refractivity contribution in [2.45, 2.75) is 26.4 Å². The third-order valence-corrected chi connectivity index (χ3v) is 1.65. The van der Waals surface area contributed by atoms with E-state index in [0.717, 1.165) is 6.54 Å². The van der Waals surface area contributed by atoms with Gasteiger partial charge in [0.2, 0.25) is 0 Å². The minimum atomic E-state index is -0.0863.